The highest BCUT2D eigenvalue weighted by Gasteiger charge is 2.43. The van der Waals surface area contributed by atoms with E-state index < -0.39 is 11.1 Å². The standard InChI is InChI=1S/C11H20N2O3/c1-10(15)2-5-13(8-10)9(14)11(12)3-6-16-7-4-11/h15H,2-8,12H2,1H3. The van der Waals surface area contributed by atoms with Crippen LogP contribution >= 0.6 is 0 Å². The highest BCUT2D eigenvalue weighted by molar-refractivity contribution is 5.86. The van der Waals surface area contributed by atoms with Gasteiger partial charge in [0.15, 0.2) is 0 Å². The van der Waals surface area contributed by atoms with Gasteiger partial charge in [0.2, 0.25) is 5.91 Å². The van der Waals surface area contributed by atoms with Gasteiger partial charge in [0, 0.05) is 26.3 Å². The Morgan fingerprint density at radius 1 is 1.38 bits per heavy atom. The van der Waals surface area contributed by atoms with Gasteiger partial charge in [0.25, 0.3) is 0 Å². The van der Waals surface area contributed by atoms with Gasteiger partial charge in [-0.3, -0.25) is 4.79 Å². The van der Waals surface area contributed by atoms with E-state index in [0.717, 1.165) is 0 Å². The Labute approximate surface area is 95.5 Å². The number of hydrogen-bond acceptors (Lipinski definition) is 4. The van der Waals surface area contributed by atoms with Crippen LogP contribution in [-0.4, -0.2) is 53.4 Å². The first-order chi connectivity index (χ1) is 7.43. The zero-order chi connectivity index (χ0) is 11.8. The summed E-state index contributed by atoms with van der Waals surface area (Å²) < 4.78 is 5.22. The lowest BCUT2D eigenvalue weighted by Gasteiger charge is -2.35. The topological polar surface area (TPSA) is 75.8 Å². The Morgan fingerprint density at radius 3 is 2.50 bits per heavy atom. The summed E-state index contributed by atoms with van der Waals surface area (Å²) >= 11 is 0. The van der Waals surface area contributed by atoms with Gasteiger partial charge in [-0.25, -0.2) is 0 Å². The first kappa shape index (κ1) is 11.8. The fourth-order valence-corrected chi connectivity index (χ4v) is 2.38. The second-order valence-electron chi connectivity index (χ2n) is 5.24. The van der Waals surface area contributed by atoms with Crippen LogP contribution in [0.25, 0.3) is 0 Å². The van der Waals surface area contributed by atoms with Gasteiger partial charge in [-0.05, 0) is 26.2 Å². The first-order valence-corrected chi connectivity index (χ1v) is 5.81. The van der Waals surface area contributed by atoms with Crippen LogP contribution in [-0.2, 0) is 9.53 Å². The van der Waals surface area contributed by atoms with Gasteiger partial charge in [0.05, 0.1) is 11.1 Å². The maximum atomic E-state index is 12.2. The SMILES string of the molecule is CC1(O)CCN(C(=O)C2(N)CCOCC2)C1. The van der Waals surface area contributed by atoms with Crippen LogP contribution in [0.4, 0.5) is 0 Å². The van der Waals surface area contributed by atoms with Gasteiger partial charge in [-0.2, -0.15) is 0 Å². The molecule has 0 aromatic rings. The molecule has 5 nitrogen and oxygen atoms in total. The molecule has 5 heteroatoms. The van der Waals surface area contributed by atoms with Crippen molar-refractivity contribution in [2.45, 2.75) is 37.3 Å². The minimum absolute atomic E-state index is 0.0337. The lowest BCUT2D eigenvalue weighted by Crippen LogP contribution is -2.58. The van der Waals surface area contributed by atoms with Crippen molar-refractivity contribution in [1.29, 1.82) is 0 Å². The molecule has 0 aliphatic carbocycles. The lowest BCUT2D eigenvalue weighted by atomic mass is 9.90. The molecule has 2 rings (SSSR count). The lowest BCUT2D eigenvalue weighted by molar-refractivity contribution is -0.140. The summed E-state index contributed by atoms with van der Waals surface area (Å²) in [6.45, 7) is 3.85. The van der Waals surface area contributed by atoms with Crippen LogP contribution in [0.3, 0.4) is 0 Å². The summed E-state index contributed by atoms with van der Waals surface area (Å²) in [5.41, 5.74) is 4.59. The van der Waals surface area contributed by atoms with Crippen molar-refractivity contribution >= 4 is 5.91 Å². The number of amides is 1. The van der Waals surface area contributed by atoms with E-state index in [0.29, 0.717) is 45.6 Å². The van der Waals surface area contributed by atoms with Crippen LogP contribution in [0.5, 0.6) is 0 Å². The molecule has 0 aromatic carbocycles. The molecule has 2 aliphatic heterocycles. The Balaban J connectivity index is 2.02. The average molecular weight is 228 g/mol. The smallest absolute Gasteiger partial charge is 0.242 e. The minimum atomic E-state index is -0.779. The van der Waals surface area contributed by atoms with Crippen molar-refractivity contribution in [3.8, 4) is 0 Å². The summed E-state index contributed by atoms with van der Waals surface area (Å²) in [4.78, 5) is 13.9. The number of rotatable bonds is 1. The molecule has 1 amide bonds. The van der Waals surface area contributed by atoms with E-state index >= 15 is 0 Å². The molecular formula is C11H20N2O3. The largest absolute Gasteiger partial charge is 0.388 e. The molecule has 1 unspecified atom stereocenters. The Bertz CT molecular complexity index is 285. The molecule has 0 saturated carbocycles. The Hall–Kier alpha value is -0.650. The molecule has 0 bridgehead atoms. The van der Waals surface area contributed by atoms with Gasteiger partial charge < -0.3 is 20.5 Å². The summed E-state index contributed by atoms with van der Waals surface area (Å²) in [5, 5.41) is 9.84. The molecule has 1 atom stereocenters. The molecule has 0 spiro atoms. The third-order valence-electron chi connectivity index (χ3n) is 3.55. The second-order valence-corrected chi connectivity index (χ2v) is 5.24. The van der Waals surface area contributed by atoms with E-state index in [1.165, 1.54) is 0 Å². The van der Waals surface area contributed by atoms with Crippen molar-refractivity contribution in [2.24, 2.45) is 5.73 Å². The second kappa shape index (κ2) is 3.98. The van der Waals surface area contributed by atoms with Crippen LogP contribution in [0.15, 0.2) is 0 Å². The predicted molar refractivity (Wildman–Crippen MR) is 58.8 cm³/mol. The number of hydrogen-bond donors (Lipinski definition) is 2. The van der Waals surface area contributed by atoms with Crippen LogP contribution in [0.1, 0.15) is 26.2 Å². The third kappa shape index (κ3) is 2.21. The first-order valence-electron chi connectivity index (χ1n) is 5.81. The van der Waals surface area contributed by atoms with Crippen molar-refractivity contribution < 1.29 is 14.6 Å². The maximum Gasteiger partial charge on any atom is 0.242 e. The van der Waals surface area contributed by atoms with Crippen LogP contribution < -0.4 is 5.73 Å². The molecule has 0 radical (unpaired) electrons. The molecule has 3 N–H and O–H groups in total. The Kier molecular flexibility index (Phi) is 2.94. The molecule has 92 valence electrons. The molecule has 0 aromatic heterocycles. The van der Waals surface area contributed by atoms with Crippen molar-refractivity contribution in [2.75, 3.05) is 26.3 Å². The quantitative estimate of drug-likeness (QED) is 0.633. The van der Waals surface area contributed by atoms with Gasteiger partial charge in [-0.15, -0.1) is 0 Å². The summed E-state index contributed by atoms with van der Waals surface area (Å²) in [7, 11) is 0. The van der Waals surface area contributed by atoms with E-state index in [-0.39, 0.29) is 5.91 Å². The van der Waals surface area contributed by atoms with E-state index in [2.05, 4.69) is 0 Å². The van der Waals surface area contributed by atoms with Crippen molar-refractivity contribution in [3.63, 3.8) is 0 Å². The minimum Gasteiger partial charge on any atom is -0.388 e. The summed E-state index contributed by atoms with van der Waals surface area (Å²) in [6, 6.07) is 0. The molecule has 2 aliphatic rings. The number of nitrogens with zero attached hydrogens (tertiary/aromatic N) is 1. The van der Waals surface area contributed by atoms with Gasteiger partial charge >= 0.3 is 0 Å². The molecule has 2 fully saturated rings. The van der Waals surface area contributed by atoms with E-state index in [1.54, 1.807) is 11.8 Å². The molecule has 2 heterocycles. The number of carbonyl (C=O) groups excluding carboxylic acids is 1. The zero-order valence-electron chi connectivity index (χ0n) is 9.74. The highest BCUT2D eigenvalue weighted by Crippen LogP contribution is 2.26. The molecule has 16 heavy (non-hydrogen) atoms. The number of β-amino-alcohol motifs (C(OH)–C–C–N with tert-alkyl or cyclic N) is 1. The van der Waals surface area contributed by atoms with Crippen molar-refractivity contribution in [1.82, 2.24) is 4.90 Å². The van der Waals surface area contributed by atoms with Crippen LogP contribution in [0, 0.1) is 0 Å². The fraction of sp³-hybridized carbons (Fsp3) is 0.909. The van der Waals surface area contributed by atoms with Crippen molar-refractivity contribution in [3.05, 3.63) is 0 Å². The predicted octanol–water partition coefficient (Wildman–Crippen LogP) is -0.522. The fourth-order valence-electron chi connectivity index (χ4n) is 2.38. The monoisotopic (exact) mass is 228 g/mol. The number of ether oxygens (including phenoxy) is 1. The summed E-state index contributed by atoms with van der Waals surface area (Å²) in [5.74, 6) is -0.0337. The molecular weight excluding hydrogens is 208 g/mol. The van der Waals surface area contributed by atoms with E-state index in [9.17, 15) is 9.90 Å². The van der Waals surface area contributed by atoms with Gasteiger partial charge in [-0.1, -0.05) is 0 Å². The third-order valence-corrected chi connectivity index (χ3v) is 3.55. The number of likely N-dealkylation sites (tertiary alicyclic amines) is 1. The average Bonchev–Trinajstić information content (AvgIpc) is 2.59. The number of aliphatic hydroxyl groups is 1. The summed E-state index contributed by atoms with van der Waals surface area (Å²) in [6.07, 6.45) is 1.78. The maximum absolute atomic E-state index is 12.2. The highest BCUT2D eigenvalue weighted by atomic mass is 16.5. The Morgan fingerprint density at radius 2 is 2.00 bits per heavy atom. The zero-order valence-corrected chi connectivity index (χ0v) is 9.74. The van der Waals surface area contributed by atoms with Gasteiger partial charge in [0.1, 0.15) is 0 Å². The normalized spacial score (nSPS) is 34.1. The number of carbonyl (C=O) groups is 1. The van der Waals surface area contributed by atoms with Crippen LogP contribution in [0.2, 0.25) is 0 Å². The van der Waals surface area contributed by atoms with E-state index in [4.69, 9.17) is 10.5 Å². The van der Waals surface area contributed by atoms with E-state index in [1.807, 2.05) is 0 Å². The molecule has 2 saturated heterocycles. The number of nitrogens with two attached hydrogens (primary N) is 1.